The van der Waals surface area contributed by atoms with Gasteiger partial charge in [0.2, 0.25) is 0 Å². The topological polar surface area (TPSA) is 97.5 Å². The van der Waals surface area contributed by atoms with E-state index in [4.69, 9.17) is 0 Å². The highest BCUT2D eigenvalue weighted by molar-refractivity contribution is 9.10. The second kappa shape index (κ2) is 6.48. The number of hydrogen-bond donors (Lipinski definition) is 1. The van der Waals surface area contributed by atoms with Crippen molar-refractivity contribution in [2.24, 2.45) is 0 Å². The largest absolute Gasteiger partial charge is 0.480 e. The lowest BCUT2D eigenvalue weighted by Crippen LogP contribution is -2.21. The van der Waals surface area contributed by atoms with E-state index in [1.54, 1.807) is 24.3 Å². The van der Waals surface area contributed by atoms with Gasteiger partial charge >= 0.3 is 5.97 Å². The highest BCUT2D eigenvalue weighted by Gasteiger charge is 2.29. The van der Waals surface area contributed by atoms with Crippen LogP contribution < -0.4 is 0 Å². The van der Waals surface area contributed by atoms with Gasteiger partial charge in [-0.1, -0.05) is 28.1 Å². The summed E-state index contributed by atoms with van der Waals surface area (Å²) in [6.45, 7) is 0. The van der Waals surface area contributed by atoms with E-state index in [0.717, 1.165) is 4.47 Å². The van der Waals surface area contributed by atoms with Gasteiger partial charge in [0.05, 0.1) is 4.92 Å². The monoisotopic (exact) mass is 363 g/mol. The molecule has 0 aromatic heterocycles. The number of carboxylic acid groups (broad SMARTS) is 1. The third-order valence-corrected chi connectivity index (χ3v) is 3.60. The Balaban J connectivity index is 2.36. The van der Waals surface area contributed by atoms with Gasteiger partial charge in [-0.15, -0.1) is 0 Å². The van der Waals surface area contributed by atoms with Crippen molar-refractivity contribution in [3.63, 3.8) is 0 Å². The number of hydrogen-bond acceptors (Lipinski definition) is 4. The van der Waals surface area contributed by atoms with Crippen LogP contribution in [0.3, 0.4) is 0 Å². The Morgan fingerprint density at radius 1 is 1.05 bits per heavy atom. The summed E-state index contributed by atoms with van der Waals surface area (Å²) in [5, 5.41) is 19.9. The number of ketones is 1. The average Bonchev–Trinajstić information content (AvgIpc) is 2.49. The average molecular weight is 364 g/mol. The van der Waals surface area contributed by atoms with Gasteiger partial charge in [-0.25, -0.2) is 0 Å². The SMILES string of the molecule is O=C(O)C(C(=O)c1ccc([N+](=O)[O-])cc1)c1ccc(Br)cc1. The number of carbonyl (C=O) groups excluding carboxylic acids is 1. The molecule has 7 heteroatoms. The van der Waals surface area contributed by atoms with Gasteiger partial charge in [-0.05, 0) is 29.8 Å². The van der Waals surface area contributed by atoms with Crippen LogP contribution in [0.5, 0.6) is 0 Å². The molecule has 22 heavy (non-hydrogen) atoms. The van der Waals surface area contributed by atoms with E-state index in [2.05, 4.69) is 15.9 Å². The van der Waals surface area contributed by atoms with E-state index in [9.17, 15) is 24.8 Å². The Morgan fingerprint density at radius 2 is 1.59 bits per heavy atom. The van der Waals surface area contributed by atoms with Crippen molar-refractivity contribution in [3.05, 3.63) is 74.2 Å². The fourth-order valence-electron chi connectivity index (χ4n) is 1.98. The van der Waals surface area contributed by atoms with Crippen LogP contribution in [-0.2, 0) is 4.79 Å². The number of non-ortho nitro benzene ring substituents is 1. The normalized spacial score (nSPS) is 11.7. The van der Waals surface area contributed by atoms with Crippen LogP contribution >= 0.6 is 15.9 Å². The summed E-state index contributed by atoms with van der Waals surface area (Å²) in [5.41, 5.74) is 0.298. The summed E-state index contributed by atoms with van der Waals surface area (Å²) in [6, 6.07) is 11.3. The number of rotatable bonds is 5. The van der Waals surface area contributed by atoms with Crippen LogP contribution in [0, 0.1) is 10.1 Å². The molecule has 2 rings (SSSR count). The molecule has 0 saturated heterocycles. The lowest BCUT2D eigenvalue weighted by molar-refractivity contribution is -0.384. The second-order valence-electron chi connectivity index (χ2n) is 4.49. The van der Waals surface area contributed by atoms with Gasteiger partial charge in [0, 0.05) is 22.2 Å². The van der Waals surface area contributed by atoms with Gasteiger partial charge < -0.3 is 5.11 Å². The second-order valence-corrected chi connectivity index (χ2v) is 5.41. The van der Waals surface area contributed by atoms with E-state index < -0.39 is 22.6 Å². The number of nitrogens with zero attached hydrogens (tertiary/aromatic N) is 1. The molecule has 1 unspecified atom stereocenters. The molecule has 0 amide bonds. The lowest BCUT2D eigenvalue weighted by Gasteiger charge is -2.12. The summed E-state index contributed by atoms with van der Waals surface area (Å²) in [5.74, 6) is -3.25. The molecule has 6 nitrogen and oxygen atoms in total. The summed E-state index contributed by atoms with van der Waals surface area (Å²) in [4.78, 5) is 33.8. The van der Waals surface area contributed by atoms with E-state index in [0.29, 0.717) is 5.56 Å². The minimum Gasteiger partial charge on any atom is -0.480 e. The number of carbonyl (C=O) groups is 2. The molecule has 1 N–H and O–H groups in total. The third-order valence-electron chi connectivity index (χ3n) is 3.08. The minimum absolute atomic E-state index is 0.112. The molecule has 112 valence electrons. The van der Waals surface area contributed by atoms with Gasteiger partial charge in [0.15, 0.2) is 5.78 Å². The summed E-state index contributed by atoms with van der Waals surface area (Å²) in [6.07, 6.45) is 0. The van der Waals surface area contributed by atoms with Crippen LogP contribution in [0.25, 0.3) is 0 Å². The first-order valence-corrected chi connectivity index (χ1v) is 6.96. The third kappa shape index (κ3) is 3.37. The number of nitro groups is 1. The van der Waals surface area contributed by atoms with Crippen LogP contribution in [0.2, 0.25) is 0 Å². The van der Waals surface area contributed by atoms with Crippen LogP contribution in [0.1, 0.15) is 21.8 Å². The fourth-order valence-corrected chi connectivity index (χ4v) is 2.24. The number of halogens is 1. The van der Waals surface area contributed by atoms with Gasteiger partial charge in [0.1, 0.15) is 5.92 Å². The zero-order valence-corrected chi connectivity index (χ0v) is 12.7. The maximum atomic E-state index is 12.4. The zero-order chi connectivity index (χ0) is 16.3. The molecule has 0 heterocycles. The molecule has 2 aromatic rings. The maximum absolute atomic E-state index is 12.4. The van der Waals surface area contributed by atoms with Gasteiger partial charge in [0.25, 0.3) is 5.69 Å². The fraction of sp³-hybridized carbons (Fsp3) is 0.0667. The van der Waals surface area contributed by atoms with E-state index in [1.165, 1.54) is 24.3 Å². The molecule has 0 fully saturated rings. The summed E-state index contributed by atoms with van der Waals surface area (Å²) in [7, 11) is 0. The van der Waals surface area contributed by atoms with Crippen molar-refractivity contribution in [3.8, 4) is 0 Å². The number of benzene rings is 2. The van der Waals surface area contributed by atoms with E-state index >= 15 is 0 Å². The molecule has 2 aromatic carbocycles. The Hall–Kier alpha value is -2.54. The molecule has 0 radical (unpaired) electrons. The van der Waals surface area contributed by atoms with Crippen molar-refractivity contribution in [1.29, 1.82) is 0 Å². The maximum Gasteiger partial charge on any atom is 0.318 e. The summed E-state index contributed by atoms with van der Waals surface area (Å²) >= 11 is 3.24. The number of Topliss-reactive ketones (excluding diaryl/α,β-unsaturated/α-hetero) is 1. The molecule has 0 bridgehead atoms. The molecule has 0 aliphatic heterocycles. The molecule has 0 aliphatic carbocycles. The molecule has 0 aliphatic rings. The predicted octanol–water partition coefficient (Wildman–Crippen LogP) is 3.41. The number of aliphatic carboxylic acids is 1. The van der Waals surface area contributed by atoms with E-state index in [1.807, 2.05) is 0 Å². The number of carboxylic acids is 1. The van der Waals surface area contributed by atoms with Gasteiger partial charge in [-0.3, -0.25) is 19.7 Å². The minimum atomic E-state index is -1.35. The molecular weight excluding hydrogens is 354 g/mol. The Bertz CT molecular complexity index is 725. The van der Waals surface area contributed by atoms with Crippen LogP contribution in [0.4, 0.5) is 5.69 Å². The standard InChI is InChI=1S/C15H10BrNO5/c16-11-5-1-9(2-6-11)13(15(19)20)14(18)10-3-7-12(8-4-10)17(21)22/h1-8,13H,(H,19,20). The van der Waals surface area contributed by atoms with Crippen molar-refractivity contribution in [1.82, 2.24) is 0 Å². The van der Waals surface area contributed by atoms with Crippen LogP contribution in [-0.4, -0.2) is 21.8 Å². The van der Waals surface area contributed by atoms with Gasteiger partial charge in [-0.2, -0.15) is 0 Å². The Labute approximate surface area is 133 Å². The van der Waals surface area contributed by atoms with Crippen molar-refractivity contribution in [2.75, 3.05) is 0 Å². The quantitative estimate of drug-likeness (QED) is 0.380. The number of nitro benzene ring substituents is 1. The summed E-state index contributed by atoms with van der Waals surface area (Å²) < 4.78 is 0.767. The molecule has 1 atom stereocenters. The highest BCUT2D eigenvalue weighted by atomic mass is 79.9. The Morgan fingerprint density at radius 3 is 2.05 bits per heavy atom. The lowest BCUT2D eigenvalue weighted by atomic mass is 9.91. The molecule has 0 spiro atoms. The van der Waals surface area contributed by atoms with Crippen molar-refractivity contribution in [2.45, 2.75) is 5.92 Å². The smallest absolute Gasteiger partial charge is 0.318 e. The predicted molar refractivity (Wildman–Crippen MR) is 81.9 cm³/mol. The van der Waals surface area contributed by atoms with Crippen molar-refractivity contribution >= 4 is 33.4 Å². The van der Waals surface area contributed by atoms with Crippen molar-refractivity contribution < 1.29 is 19.6 Å². The molecular formula is C15H10BrNO5. The molecule has 0 saturated carbocycles. The first kappa shape index (κ1) is 15.8. The Kier molecular flexibility index (Phi) is 4.67. The van der Waals surface area contributed by atoms with Crippen LogP contribution in [0.15, 0.2) is 53.0 Å². The van der Waals surface area contributed by atoms with E-state index in [-0.39, 0.29) is 11.3 Å². The highest BCUT2D eigenvalue weighted by Crippen LogP contribution is 2.24. The first-order valence-electron chi connectivity index (χ1n) is 6.17. The zero-order valence-electron chi connectivity index (χ0n) is 11.1. The first-order chi connectivity index (χ1) is 10.4.